The average Bonchev–Trinajstić information content (AvgIpc) is 2.12. The van der Waals surface area contributed by atoms with E-state index in [2.05, 4.69) is 4.52 Å². The van der Waals surface area contributed by atoms with Crippen LogP contribution in [-0.4, -0.2) is 0 Å². The minimum Gasteiger partial charge on any atom is -0.758 e. The third-order valence-electron chi connectivity index (χ3n) is 1.25. The van der Waals surface area contributed by atoms with E-state index in [9.17, 15) is 9.46 Å². The topological polar surface area (TPSA) is 73.2 Å². The molecule has 1 atom stereocenters. The molecule has 0 saturated carbocycles. The largest absolute Gasteiger partial charge is 1.00 e. The summed E-state index contributed by atoms with van der Waals surface area (Å²) >= 11 is 11.2. The van der Waals surface area contributed by atoms with Crippen LogP contribution in [0, 0.1) is 11.1 Å². The average molecular weight is 258 g/mol. The summed E-state index contributed by atoms with van der Waals surface area (Å²) in [6.07, 6.45) is 0. The summed E-state index contributed by atoms with van der Waals surface area (Å²) in [6, 6.07) is 4.33. The van der Waals surface area contributed by atoms with Crippen molar-refractivity contribution in [2.45, 2.75) is 0 Å². The van der Waals surface area contributed by atoms with Gasteiger partial charge in [0, 0.05) is 0 Å². The van der Waals surface area contributed by atoms with Crippen LogP contribution in [0.2, 0.25) is 10.0 Å². The van der Waals surface area contributed by atoms with E-state index in [1.54, 1.807) is 0 Å². The molecule has 0 bridgehead atoms. The van der Waals surface area contributed by atoms with Crippen LogP contribution in [0.25, 0.3) is 0 Å². The van der Waals surface area contributed by atoms with Crippen LogP contribution in [0.5, 0.6) is 5.75 Å². The molecule has 0 radical (unpaired) electrons. The van der Waals surface area contributed by atoms with Gasteiger partial charge in [0.05, 0.1) is 10.0 Å². The van der Waals surface area contributed by atoms with E-state index in [1.165, 1.54) is 18.2 Å². The van der Waals surface area contributed by atoms with Crippen molar-refractivity contribution in [2.24, 2.45) is 0 Å². The van der Waals surface area contributed by atoms with Crippen LogP contribution in [0.15, 0.2) is 18.2 Å². The fourth-order valence-electron chi connectivity index (χ4n) is 0.710. The molecular formula is C7H3Cl2LiNO3P. The monoisotopic (exact) mass is 257 g/mol. The van der Waals surface area contributed by atoms with Crippen LogP contribution < -0.4 is 28.3 Å². The smallest absolute Gasteiger partial charge is 0.758 e. The van der Waals surface area contributed by atoms with E-state index < -0.39 is 7.60 Å². The van der Waals surface area contributed by atoms with E-state index in [1.807, 2.05) is 0 Å². The van der Waals surface area contributed by atoms with Crippen molar-refractivity contribution in [1.29, 1.82) is 5.26 Å². The van der Waals surface area contributed by atoms with Gasteiger partial charge in [0.25, 0.3) is 7.60 Å². The maximum atomic E-state index is 10.8. The van der Waals surface area contributed by atoms with Crippen LogP contribution in [0.1, 0.15) is 0 Å². The molecule has 0 aliphatic rings. The van der Waals surface area contributed by atoms with Crippen molar-refractivity contribution in [2.75, 3.05) is 0 Å². The standard InChI is InChI=1S/C7H4Cl2NO3P.Li/c8-5-2-1-3-6(9)7(5)13-14(11,12)4-10;/h1-3H,(H,11,12);/q;+1/p-1. The van der Waals surface area contributed by atoms with Crippen molar-refractivity contribution >= 4 is 30.8 Å². The fraction of sp³-hybridized carbons (Fsp3) is 0. The molecule has 0 heterocycles. The molecule has 1 rings (SSSR count). The summed E-state index contributed by atoms with van der Waals surface area (Å²) in [6.45, 7) is 0. The van der Waals surface area contributed by atoms with Gasteiger partial charge in [-0.2, -0.15) is 5.26 Å². The number of rotatable bonds is 2. The van der Waals surface area contributed by atoms with Crippen LogP contribution in [0.3, 0.4) is 0 Å². The Labute approximate surface area is 108 Å². The maximum absolute atomic E-state index is 10.8. The predicted octanol–water partition coefficient (Wildman–Crippen LogP) is -0.589. The zero-order chi connectivity index (χ0) is 10.8. The second kappa shape index (κ2) is 5.82. The summed E-state index contributed by atoms with van der Waals surface area (Å²) < 4.78 is 15.2. The molecule has 1 aromatic rings. The van der Waals surface area contributed by atoms with Gasteiger partial charge in [-0.1, -0.05) is 29.3 Å². The van der Waals surface area contributed by atoms with Gasteiger partial charge >= 0.3 is 18.9 Å². The SMILES string of the molecule is N#CP(=O)([O-])Oc1c(Cl)cccc1Cl.[Li+]. The molecule has 0 N–H and O–H groups in total. The predicted molar refractivity (Wildman–Crippen MR) is 50.3 cm³/mol. The minimum absolute atomic E-state index is 0. The Balaban J connectivity index is 0.00000196. The summed E-state index contributed by atoms with van der Waals surface area (Å²) in [5.74, 6) is 0.779. The van der Waals surface area contributed by atoms with Gasteiger partial charge in [-0.25, -0.2) is 0 Å². The minimum atomic E-state index is -4.56. The number of para-hydroxylation sites is 1. The fourth-order valence-corrected chi connectivity index (χ4v) is 1.77. The van der Waals surface area contributed by atoms with Crippen molar-refractivity contribution in [3.8, 4) is 11.6 Å². The third-order valence-corrected chi connectivity index (χ3v) is 2.52. The molecule has 74 valence electrons. The molecule has 4 nitrogen and oxygen atoms in total. The summed E-state index contributed by atoms with van der Waals surface area (Å²) in [5.41, 5.74) is 0. The number of nitriles is 1. The van der Waals surface area contributed by atoms with Gasteiger partial charge in [-0.15, -0.1) is 0 Å². The van der Waals surface area contributed by atoms with Crippen molar-refractivity contribution in [3.63, 3.8) is 0 Å². The van der Waals surface area contributed by atoms with E-state index in [0.29, 0.717) is 0 Å². The Morgan fingerprint density at radius 2 is 1.87 bits per heavy atom. The molecule has 0 spiro atoms. The zero-order valence-corrected chi connectivity index (χ0v) is 10.0. The van der Waals surface area contributed by atoms with Crippen molar-refractivity contribution in [3.05, 3.63) is 28.2 Å². The molecule has 15 heavy (non-hydrogen) atoms. The Kier molecular flexibility index (Phi) is 5.78. The second-order valence-electron chi connectivity index (χ2n) is 2.24. The molecule has 0 saturated heterocycles. The van der Waals surface area contributed by atoms with Gasteiger partial charge in [0.1, 0.15) is 0 Å². The summed E-state index contributed by atoms with van der Waals surface area (Å²) in [5, 5.41) is 8.26. The molecule has 0 aliphatic carbocycles. The first-order chi connectivity index (χ1) is 6.46. The molecule has 1 unspecified atom stereocenters. The van der Waals surface area contributed by atoms with Gasteiger partial charge < -0.3 is 9.42 Å². The van der Waals surface area contributed by atoms with Crippen LogP contribution >= 0.6 is 30.8 Å². The first-order valence-electron chi connectivity index (χ1n) is 3.32. The number of halogens is 2. The quantitative estimate of drug-likeness (QED) is 0.525. The van der Waals surface area contributed by atoms with Crippen molar-refractivity contribution < 1.29 is 32.8 Å². The van der Waals surface area contributed by atoms with Gasteiger partial charge in [0.15, 0.2) is 11.6 Å². The zero-order valence-electron chi connectivity index (χ0n) is 7.61. The molecule has 0 fully saturated rings. The molecular weight excluding hydrogens is 255 g/mol. The van der Waals surface area contributed by atoms with Crippen LogP contribution in [0.4, 0.5) is 0 Å². The Bertz CT molecular complexity index is 428. The summed E-state index contributed by atoms with van der Waals surface area (Å²) in [4.78, 5) is 10.8. The van der Waals surface area contributed by atoms with Crippen molar-refractivity contribution in [1.82, 2.24) is 0 Å². The number of hydrogen-bond donors (Lipinski definition) is 0. The molecule has 0 aliphatic heterocycles. The molecule has 0 aromatic heterocycles. The second-order valence-corrected chi connectivity index (χ2v) is 4.43. The first kappa shape index (κ1) is 14.9. The number of benzene rings is 1. The van der Waals surface area contributed by atoms with Gasteiger partial charge in [-0.3, -0.25) is 4.57 Å². The first-order valence-corrected chi connectivity index (χ1v) is 5.62. The van der Waals surface area contributed by atoms with Crippen LogP contribution in [-0.2, 0) is 4.57 Å². The normalized spacial score (nSPS) is 13.2. The Morgan fingerprint density at radius 1 is 1.40 bits per heavy atom. The van der Waals surface area contributed by atoms with E-state index in [4.69, 9.17) is 28.5 Å². The van der Waals surface area contributed by atoms with Gasteiger partial charge in [0.2, 0.25) is 0 Å². The van der Waals surface area contributed by atoms with E-state index in [-0.39, 0.29) is 34.7 Å². The molecule has 1 aromatic carbocycles. The molecule has 8 heteroatoms. The van der Waals surface area contributed by atoms with E-state index >= 15 is 0 Å². The Morgan fingerprint density at radius 3 is 2.27 bits per heavy atom. The summed E-state index contributed by atoms with van der Waals surface area (Å²) in [7, 11) is -4.56. The maximum Gasteiger partial charge on any atom is 1.00 e. The number of nitrogens with zero attached hydrogens (tertiary/aromatic N) is 1. The molecule has 0 amide bonds. The Hall–Kier alpha value is -0.123. The van der Waals surface area contributed by atoms with Gasteiger partial charge in [-0.05, 0) is 12.1 Å². The third kappa shape index (κ3) is 4.09. The number of hydrogen-bond acceptors (Lipinski definition) is 4. The van der Waals surface area contributed by atoms with E-state index in [0.717, 1.165) is 5.81 Å².